The number of hydrogen-bond donors (Lipinski definition) is 1. The SMILES string of the molecule is Cc1ccc(/C=C/C(=O)c2c(-c3ccccc3)c3cc(Cl)ccc3[nH]c2=O)cc1. The maximum atomic E-state index is 13.1. The Bertz CT molecular complexity index is 1290. The van der Waals surface area contributed by atoms with Crippen LogP contribution >= 0.6 is 11.6 Å². The molecule has 4 aromatic rings. The lowest BCUT2D eigenvalue weighted by Gasteiger charge is -2.11. The number of aromatic nitrogens is 1. The van der Waals surface area contributed by atoms with Crippen molar-refractivity contribution in [3.8, 4) is 11.1 Å². The summed E-state index contributed by atoms with van der Waals surface area (Å²) >= 11 is 6.21. The minimum absolute atomic E-state index is 0.106. The second-order valence-corrected chi connectivity index (χ2v) is 7.30. The van der Waals surface area contributed by atoms with Crippen molar-refractivity contribution in [2.24, 2.45) is 0 Å². The number of aryl methyl sites for hydroxylation is 1. The molecule has 0 amide bonds. The number of pyridine rings is 1. The maximum Gasteiger partial charge on any atom is 0.260 e. The molecule has 1 aromatic heterocycles. The van der Waals surface area contributed by atoms with Gasteiger partial charge in [-0.15, -0.1) is 0 Å². The van der Waals surface area contributed by atoms with Gasteiger partial charge in [0.2, 0.25) is 0 Å². The summed E-state index contributed by atoms with van der Waals surface area (Å²) in [6.45, 7) is 2.00. The second kappa shape index (κ2) is 7.90. The first-order valence-corrected chi connectivity index (χ1v) is 9.61. The molecule has 0 fully saturated rings. The zero-order valence-electron chi connectivity index (χ0n) is 15.8. The third-order valence-corrected chi connectivity index (χ3v) is 5.02. The van der Waals surface area contributed by atoms with Crippen LogP contribution in [0.3, 0.4) is 0 Å². The Morgan fingerprint density at radius 3 is 2.41 bits per heavy atom. The normalized spacial score (nSPS) is 11.2. The molecule has 1 N–H and O–H groups in total. The van der Waals surface area contributed by atoms with Crippen LogP contribution in [-0.2, 0) is 0 Å². The van der Waals surface area contributed by atoms with E-state index in [1.807, 2.05) is 61.5 Å². The fraction of sp³-hybridized carbons (Fsp3) is 0.0400. The van der Waals surface area contributed by atoms with Gasteiger partial charge in [0, 0.05) is 21.5 Å². The van der Waals surface area contributed by atoms with Crippen molar-refractivity contribution in [1.82, 2.24) is 4.98 Å². The molecule has 0 saturated heterocycles. The van der Waals surface area contributed by atoms with Crippen LogP contribution in [0.15, 0.2) is 83.7 Å². The Balaban J connectivity index is 1.91. The summed E-state index contributed by atoms with van der Waals surface area (Å²) in [5.41, 5.74) is 3.74. The second-order valence-electron chi connectivity index (χ2n) is 6.87. The van der Waals surface area contributed by atoms with Gasteiger partial charge in [-0.05, 0) is 42.3 Å². The van der Waals surface area contributed by atoms with E-state index < -0.39 is 5.56 Å². The summed E-state index contributed by atoms with van der Waals surface area (Å²) in [5, 5.41) is 1.27. The van der Waals surface area contributed by atoms with Crippen LogP contribution in [0, 0.1) is 6.92 Å². The van der Waals surface area contributed by atoms with Crippen LogP contribution in [-0.4, -0.2) is 10.8 Å². The molecule has 0 aliphatic carbocycles. The van der Waals surface area contributed by atoms with E-state index in [4.69, 9.17) is 11.6 Å². The molecule has 3 aromatic carbocycles. The highest BCUT2D eigenvalue weighted by Gasteiger charge is 2.19. The number of ketones is 1. The number of rotatable bonds is 4. The van der Waals surface area contributed by atoms with E-state index in [1.165, 1.54) is 6.08 Å². The summed E-state index contributed by atoms with van der Waals surface area (Å²) in [6.07, 6.45) is 3.16. The van der Waals surface area contributed by atoms with E-state index in [-0.39, 0.29) is 11.3 Å². The third-order valence-electron chi connectivity index (χ3n) is 4.79. The van der Waals surface area contributed by atoms with Crippen molar-refractivity contribution in [3.63, 3.8) is 0 Å². The predicted molar refractivity (Wildman–Crippen MR) is 120 cm³/mol. The molecule has 0 spiro atoms. The number of aromatic amines is 1. The summed E-state index contributed by atoms with van der Waals surface area (Å²) in [7, 11) is 0. The topological polar surface area (TPSA) is 49.9 Å². The summed E-state index contributed by atoms with van der Waals surface area (Å²) < 4.78 is 0. The Morgan fingerprint density at radius 2 is 1.69 bits per heavy atom. The van der Waals surface area contributed by atoms with E-state index >= 15 is 0 Å². The summed E-state index contributed by atoms with van der Waals surface area (Å²) in [4.78, 5) is 28.8. The van der Waals surface area contributed by atoms with Crippen LogP contribution in [0.1, 0.15) is 21.5 Å². The monoisotopic (exact) mass is 399 g/mol. The molecule has 0 atom stereocenters. The first kappa shape index (κ1) is 18.9. The van der Waals surface area contributed by atoms with Crippen molar-refractivity contribution in [2.45, 2.75) is 6.92 Å². The van der Waals surface area contributed by atoms with E-state index in [0.717, 1.165) is 22.1 Å². The number of benzene rings is 3. The van der Waals surface area contributed by atoms with Gasteiger partial charge in [0.25, 0.3) is 5.56 Å². The predicted octanol–water partition coefficient (Wildman–Crippen LogP) is 6.05. The molecule has 3 nitrogen and oxygen atoms in total. The highest BCUT2D eigenvalue weighted by molar-refractivity contribution is 6.31. The minimum Gasteiger partial charge on any atom is -0.321 e. The van der Waals surface area contributed by atoms with E-state index in [1.54, 1.807) is 24.3 Å². The van der Waals surface area contributed by atoms with Gasteiger partial charge in [-0.1, -0.05) is 77.8 Å². The zero-order valence-corrected chi connectivity index (χ0v) is 16.5. The molecule has 0 bridgehead atoms. The van der Waals surface area contributed by atoms with Crippen LogP contribution in [0.4, 0.5) is 0 Å². The standard InChI is InChI=1S/C25H18ClNO2/c1-16-7-9-17(10-8-16)11-14-22(28)24-23(18-5-3-2-4-6-18)20-15-19(26)12-13-21(20)27-25(24)29/h2-15H,1H3,(H,27,29)/b14-11+. The Kier molecular flexibility index (Phi) is 5.15. The van der Waals surface area contributed by atoms with Gasteiger partial charge >= 0.3 is 0 Å². The number of halogens is 1. The van der Waals surface area contributed by atoms with E-state index in [2.05, 4.69) is 4.98 Å². The van der Waals surface area contributed by atoms with Crippen LogP contribution < -0.4 is 5.56 Å². The Morgan fingerprint density at radius 1 is 0.966 bits per heavy atom. The fourth-order valence-corrected chi connectivity index (χ4v) is 3.51. The van der Waals surface area contributed by atoms with Gasteiger partial charge < -0.3 is 4.98 Å². The fourth-order valence-electron chi connectivity index (χ4n) is 3.34. The molecule has 29 heavy (non-hydrogen) atoms. The minimum atomic E-state index is -0.419. The smallest absolute Gasteiger partial charge is 0.260 e. The number of nitrogens with one attached hydrogen (secondary N) is 1. The van der Waals surface area contributed by atoms with Gasteiger partial charge in [-0.3, -0.25) is 9.59 Å². The largest absolute Gasteiger partial charge is 0.321 e. The van der Waals surface area contributed by atoms with E-state index in [9.17, 15) is 9.59 Å². The Labute approximate surface area is 173 Å². The molecular weight excluding hydrogens is 382 g/mol. The molecule has 4 rings (SSSR count). The van der Waals surface area contributed by atoms with Crippen molar-refractivity contribution >= 4 is 34.4 Å². The molecule has 0 unspecified atom stereocenters. The van der Waals surface area contributed by atoms with Crippen molar-refractivity contribution in [2.75, 3.05) is 0 Å². The molecule has 1 heterocycles. The van der Waals surface area contributed by atoms with Crippen molar-refractivity contribution < 1.29 is 4.79 Å². The lowest BCUT2D eigenvalue weighted by atomic mass is 9.94. The first-order valence-electron chi connectivity index (χ1n) is 9.23. The average Bonchev–Trinajstić information content (AvgIpc) is 2.73. The molecule has 4 heteroatoms. The lowest BCUT2D eigenvalue weighted by molar-refractivity contribution is 0.104. The van der Waals surface area contributed by atoms with Gasteiger partial charge in [0.1, 0.15) is 0 Å². The number of H-pyrrole nitrogens is 1. The average molecular weight is 400 g/mol. The molecule has 0 saturated carbocycles. The zero-order chi connectivity index (χ0) is 20.4. The van der Waals surface area contributed by atoms with Gasteiger partial charge in [-0.25, -0.2) is 0 Å². The molecule has 0 aliphatic heterocycles. The van der Waals surface area contributed by atoms with Crippen LogP contribution in [0.2, 0.25) is 5.02 Å². The number of carbonyl (C=O) groups excluding carboxylic acids is 1. The molecular formula is C25H18ClNO2. The number of fused-ring (bicyclic) bond motifs is 1. The highest BCUT2D eigenvalue weighted by atomic mass is 35.5. The van der Waals surface area contributed by atoms with Crippen LogP contribution in [0.5, 0.6) is 0 Å². The Hall–Kier alpha value is -3.43. The molecule has 0 aliphatic rings. The van der Waals surface area contributed by atoms with Gasteiger partial charge in [0.05, 0.1) is 5.56 Å². The van der Waals surface area contributed by atoms with Gasteiger partial charge in [-0.2, -0.15) is 0 Å². The van der Waals surface area contributed by atoms with E-state index in [0.29, 0.717) is 16.1 Å². The lowest BCUT2D eigenvalue weighted by Crippen LogP contribution is -2.18. The summed E-state index contributed by atoms with van der Waals surface area (Å²) in [6, 6.07) is 22.5. The maximum absolute atomic E-state index is 13.1. The quantitative estimate of drug-likeness (QED) is 0.335. The highest BCUT2D eigenvalue weighted by Crippen LogP contribution is 2.31. The van der Waals surface area contributed by atoms with Gasteiger partial charge in [0.15, 0.2) is 5.78 Å². The van der Waals surface area contributed by atoms with Crippen molar-refractivity contribution in [1.29, 1.82) is 0 Å². The number of allylic oxidation sites excluding steroid dienone is 1. The molecule has 142 valence electrons. The number of carbonyl (C=O) groups is 1. The summed E-state index contributed by atoms with van der Waals surface area (Å²) in [5.74, 6) is -0.354. The first-order chi connectivity index (χ1) is 14.0. The molecule has 0 radical (unpaired) electrons. The van der Waals surface area contributed by atoms with Crippen molar-refractivity contribution in [3.05, 3.63) is 111 Å². The van der Waals surface area contributed by atoms with Crippen LogP contribution in [0.25, 0.3) is 28.1 Å². The number of hydrogen-bond acceptors (Lipinski definition) is 2. The third kappa shape index (κ3) is 3.91.